The summed E-state index contributed by atoms with van der Waals surface area (Å²) >= 11 is 0. The number of hydrogen-bond acceptors (Lipinski definition) is 2. The fourth-order valence-corrected chi connectivity index (χ4v) is 1.82. The minimum atomic E-state index is 0.609. The highest BCUT2D eigenvalue weighted by molar-refractivity contribution is 5.30. The number of nitrogens with two attached hydrogens (primary N) is 1. The van der Waals surface area contributed by atoms with Crippen LogP contribution in [0.15, 0.2) is 6.07 Å². The van der Waals surface area contributed by atoms with E-state index in [0.717, 1.165) is 0 Å². The van der Waals surface area contributed by atoms with Crippen molar-refractivity contribution in [3.63, 3.8) is 0 Å². The van der Waals surface area contributed by atoms with Crippen molar-refractivity contribution in [2.75, 3.05) is 5.73 Å². The molecule has 0 amide bonds. The molecule has 0 aliphatic carbocycles. The van der Waals surface area contributed by atoms with Gasteiger partial charge in [-0.2, -0.15) is 5.10 Å². The van der Waals surface area contributed by atoms with Crippen molar-refractivity contribution in [1.29, 1.82) is 0 Å². The zero-order chi connectivity index (χ0) is 10.4. The van der Waals surface area contributed by atoms with Crippen LogP contribution < -0.4 is 5.73 Å². The lowest BCUT2D eigenvalue weighted by atomic mass is 9.94. The molecule has 14 heavy (non-hydrogen) atoms. The molecule has 3 nitrogen and oxygen atoms in total. The molecule has 3 heteroatoms. The Balaban J connectivity index is 2.57. The number of nitrogen functional groups attached to an aromatic ring is 1. The van der Waals surface area contributed by atoms with Crippen molar-refractivity contribution >= 4 is 5.82 Å². The first-order chi connectivity index (χ1) is 6.77. The molecular formula is C11H21N3. The first-order valence-corrected chi connectivity index (χ1v) is 5.58. The highest BCUT2D eigenvalue weighted by atomic mass is 15.2. The van der Waals surface area contributed by atoms with Crippen LogP contribution in [0.5, 0.6) is 0 Å². The molecule has 1 unspecified atom stereocenters. The van der Waals surface area contributed by atoms with E-state index >= 15 is 0 Å². The summed E-state index contributed by atoms with van der Waals surface area (Å²) in [5.74, 6) is 1.22. The molecule has 0 saturated heterocycles. The Labute approximate surface area is 86.1 Å². The summed E-state index contributed by atoms with van der Waals surface area (Å²) in [4.78, 5) is 0. The van der Waals surface area contributed by atoms with E-state index in [1.54, 1.807) is 0 Å². The Hall–Kier alpha value is -0.990. The zero-order valence-corrected chi connectivity index (χ0v) is 9.21. The van der Waals surface area contributed by atoms with Crippen molar-refractivity contribution in [1.82, 2.24) is 10.2 Å². The average Bonchev–Trinajstić information content (AvgIpc) is 2.59. The predicted molar refractivity (Wildman–Crippen MR) is 60.2 cm³/mol. The topological polar surface area (TPSA) is 54.7 Å². The summed E-state index contributed by atoms with van der Waals surface area (Å²) in [7, 11) is 0. The summed E-state index contributed by atoms with van der Waals surface area (Å²) < 4.78 is 0. The molecule has 80 valence electrons. The highest BCUT2D eigenvalue weighted by Gasteiger charge is 2.12. The summed E-state index contributed by atoms with van der Waals surface area (Å²) in [6, 6.07) is 1.97. The third-order valence-corrected chi connectivity index (χ3v) is 2.60. The Morgan fingerprint density at radius 2 is 2.14 bits per heavy atom. The first kappa shape index (κ1) is 11.1. The van der Waals surface area contributed by atoms with Gasteiger partial charge in [0.1, 0.15) is 5.82 Å². The van der Waals surface area contributed by atoms with Crippen LogP contribution in [0.1, 0.15) is 57.6 Å². The third kappa shape index (κ3) is 3.05. The summed E-state index contributed by atoms with van der Waals surface area (Å²) in [6.07, 6.45) is 6.22. The van der Waals surface area contributed by atoms with Crippen LogP contribution in [0, 0.1) is 0 Å². The first-order valence-electron chi connectivity index (χ1n) is 5.58. The zero-order valence-electron chi connectivity index (χ0n) is 9.21. The Morgan fingerprint density at radius 3 is 2.64 bits per heavy atom. The van der Waals surface area contributed by atoms with Crippen LogP contribution in [-0.4, -0.2) is 10.2 Å². The van der Waals surface area contributed by atoms with Crippen LogP contribution in [0.2, 0.25) is 0 Å². The maximum Gasteiger partial charge on any atom is 0.145 e. The van der Waals surface area contributed by atoms with E-state index in [1.165, 1.54) is 37.8 Å². The standard InChI is InChI=1S/C11H21N3/c1-3-5-7-9(6-4-2)10-8-11(12)14-13-10/h8-9H,3-7H2,1-2H3,(H3,12,13,14). The number of hydrogen-bond donors (Lipinski definition) is 2. The molecule has 0 aliphatic rings. The third-order valence-electron chi connectivity index (χ3n) is 2.60. The van der Waals surface area contributed by atoms with Gasteiger partial charge < -0.3 is 5.73 Å². The predicted octanol–water partition coefficient (Wildman–Crippen LogP) is 3.07. The highest BCUT2D eigenvalue weighted by Crippen LogP contribution is 2.26. The average molecular weight is 195 g/mol. The number of rotatable bonds is 6. The molecule has 0 aliphatic heterocycles. The number of nitrogens with one attached hydrogen (secondary N) is 1. The summed E-state index contributed by atoms with van der Waals surface area (Å²) in [6.45, 7) is 4.45. The smallest absolute Gasteiger partial charge is 0.145 e. The van der Waals surface area contributed by atoms with Crippen molar-refractivity contribution in [2.45, 2.75) is 51.9 Å². The van der Waals surface area contributed by atoms with Crippen LogP contribution >= 0.6 is 0 Å². The normalized spacial score (nSPS) is 13.0. The molecule has 0 aromatic carbocycles. The van der Waals surface area contributed by atoms with Gasteiger partial charge in [-0.3, -0.25) is 5.10 Å². The van der Waals surface area contributed by atoms with Crippen molar-refractivity contribution in [3.05, 3.63) is 11.8 Å². The summed E-state index contributed by atoms with van der Waals surface area (Å²) in [5.41, 5.74) is 6.81. The van der Waals surface area contributed by atoms with Crippen LogP contribution in [0.4, 0.5) is 5.82 Å². The van der Waals surface area contributed by atoms with Crippen LogP contribution in [0.25, 0.3) is 0 Å². The monoisotopic (exact) mass is 195 g/mol. The van der Waals surface area contributed by atoms with Gasteiger partial charge in [-0.15, -0.1) is 0 Å². The molecule has 0 radical (unpaired) electrons. The molecule has 0 fully saturated rings. The molecular weight excluding hydrogens is 174 g/mol. The summed E-state index contributed by atoms with van der Waals surface area (Å²) in [5, 5.41) is 7.00. The van der Waals surface area contributed by atoms with E-state index < -0.39 is 0 Å². The van der Waals surface area contributed by atoms with Gasteiger partial charge in [0.15, 0.2) is 0 Å². The van der Waals surface area contributed by atoms with Crippen molar-refractivity contribution < 1.29 is 0 Å². The van der Waals surface area contributed by atoms with Gasteiger partial charge in [-0.05, 0) is 12.8 Å². The number of H-pyrrole nitrogens is 1. The number of anilines is 1. The van der Waals surface area contributed by atoms with E-state index in [-0.39, 0.29) is 0 Å². The van der Waals surface area contributed by atoms with Gasteiger partial charge in [0.2, 0.25) is 0 Å². The molecule has 1 atom stereocenters. The Bertz CT molecular complexity index is 255. The number of nitrogens with zero attached hydrogens (tertiary/aromatic N) is 1. The lowest BCUT2D eigenvalue weighted by Gasteiger charge is -2.13. The van der Waals surface area contributed by atoms with Crippen LogP contribution in [-0.2, 0) is 0 Å². The fraction of sp³-hybridized carbons (Fsp3) is 0.727. The minimum Gasteiger partial charge on any atom is -0.382 e. The van der Waals surface area contributed by atoms with E-state index in [2.05, 4.69) is 24.0 Å². The van der Waals surface area contributed by atoms with E-state index in [1.807, 2.05) is 6.07 Å². The van der Waals surface area contributed by atoms with Gasteiger partial charge >= 0.3 is 0 Å². The van der Waals surface area contributed by atoms with Gasteiger partial charge in [-0.25, -0.2) is 0 Å². The second-order valence-electron chi connectivity index (χ2n) is 3.88. The second-order valence-corrected chi connectivity index (χ2v) is 3.88. The van der Waals surface area contributed by atoms with Gasteiger partial charge in [-0.1, -0.05) is 33.1 Å². The molecule has 1 rings (SSSR count). The molecule has 0 bridgehead atoms. The van der Waals surface area contributed by atoms with Gasteiger partial charge in [0, 0.05) is 17.7 Å². The Kier molecular flexibility index (Phi) is 4.50. The lowest BCUT2D eigenvalue weighted by Crippen LogP contribution is -1.99. The Morgan fingerprint density at radius 1 is 1.36 bits per heavy atom. The number of unbranched alkanes of at least 4 members (excludes halogenated alkanes) is 1. The maximum atomic E-state index is 5.60. The number of aromatic nitrogens is 2. The fourth-order valence-electron chi connectivity index (χ4n) is 1.82. The lowest BCUT2D eigenvalue weighted by molar-refractivity contribution is 0.529. The SMILES string of the molecule is CCCCC(CCC)c1cc(N)n[nH]1. The van der Waals surface area contributed by atoms with Crippen molar-refractivity contribution in [3.8, 4) is 0 Å². The molecule has 3 N–H and O–H groups in total. The van der Waals surface area contributed by atoms with E-state index in [4.69, 9.17) is 5.73 Å². The molecule has 1 aromatic heterocycles. The van der Waals surface area contributed by atoms with Crippen molar-refractivity contribution in [2.24, 2.45) is 0 Å². The molecule has 1 aromatic rings. The van der Waals surface area contributed by atoms with Gasteiger partial charge in [0.25, 0.3) is 0 Å². The second kappa shape index (κ2) is 5.68. The molecule has 0 saturated carbocycles. The quantitative estimate of drug-likeness (QED) is 0.733. The largest absolute Gasteiger partial charge is 0.382 e. The van der Waals surface area contributed by atoms with Crippen LogP contribution in [0.3, 0.4) is 0 Å². The van der Waals surface area contributed by atoms with Gasteiger partial charge in [0.05, 0.1) is 0 Å². The number of aromatic amines is 1. The molecule has 1 heterocycles. The molecule has 0 spiro atoms. The maximum absolute atomic E-state index is 5.60. The van der Waals surface area contributed by atoms with E-state index in [9.17, 15) is 0 Å². The van der Waals surface area contributed by atoms with E-state index in [0.29, 0.717) is 11.7 Å². The minimum absolute atomic E-state index is 0.609.